The molecule has 0 atom stereocenters. The Balaban J connectivity index is 1.99. The quantitative estimate of drug-likeness (QED) is 0.790. The summed E-state index contributed by atoms with van der Waals surface area (Å²) in [4.78, 5) is 16.8. The van der Waals surface area contributed by atoms with Crippen LogP contribution in [0, 0.1) is 13.8 Å². The summed E-state index contributed by atoms with van der Waals surface area (Å²) in [6.45, 7) is 3.81. The summed E-state index contributed by atoms with van der Waals surface area (Å²) in [6.07, 6.45) is 1.52. The number of carbonyl (C=O) groups excluding carboxylic acids is 1. The number of halogens is 1. The van der Waals surface area contributed by atoms with Gasteiger partial charge in [-0.25, -0.2) is 9.50 Å². The van der Waals surface area contributed by atoms with Gasteiger partial charge in [0.2, 0.25) is 0 Å². The van der Waals surface area contributed by atoms with Crippen molar-refractivity contribution in [2.45, 2.75) is 13.8 Å². The van der Waals surface area contributed by atoms with Crippen molar-refractivity contribution in [2.24, 2.45) is 0 Å². The molecule has 2 heterocycles. The van der Waals surface area contributed by atoms with Crippen LogP contribution in [0.25, 0.3) is 5.65 Å². The lowest BCUT2D eigenvalue weighted by molar-refractivity contribution is 0.102. The molecule has 106 valence electrons. The molecule has 0 saturated carbocycles. The highest BCUT2D eigenvalue weighted by molar-refractivity contribution is 6.31. The molecular formula is C15H13ClN4O. The Morgan fingerprint density at radius 1 is 1.29 bits per heavy atom. The van der Waals surface area contributed by atoms with Gasteiger partial charge < -0.3 is 5.32 Å². The van der Waals surface area contributed by atoms with E-state index in [1.807, 2.05) is 19.9 Å². The summed E-state index contributed by atoms with van der Waals surface area (Å²) < 4.78 is 1.65. The lowest BCUT2D eigenvalue weighted by atomic mass is 10.2. The second-order valence-electron chi connectivity index (χ2n) is 4.80. The normalized spacial score (nSPS) is 10.8. The summed E-state index contributed by atoms with van der Waals surface area (Å²) >= 11 is 5.91. The van der Waals surface area contributed by atoms with Gasteiger partial charge in [0.25, 0.3) is 5.91 Å². The third-order valence-electron chi connectivity index (χ3n) is 3.11. The predicted molar refractivity (Wildman–Crippen MR) is 81.9 cm³/mol. The number of anilines is 1. The predicted octanol–water partition coefficient (Wildman–Crippen LogP) is 3.25. The zero-order valence-corrected chi connectivity index (χ0v) is 12.3. The van der Waals surface area contributed by atoms with Gasteiger partial charge >= 0.3 is 0 Å². The van der Waals surface area contributed by atoms with Crippen LogP contribution in [0.3, 0.4) is 0 Å². The summed E-state index contributed by atoms with van der Waals surface area (Å²) in [6, 6.07) is 8.91. The fourth-order valence-electron chi connectivity index (χ4n) is 2.20. The van der Waals surface area contributed by atoms with Crippen molar-refractivity contribution in [3.8, 4) is 0 Å². The van der Waals surface area contributed by atoms with Crippen molar-refractivity contribution < 1.29 is 4.79 Å². The Morgan fingerprint density at radius 3 is 2.86 bits per heavy atom. The standard InChI is InChI=1S/C15H13ClN4O/c1-9-6-10(2)20-14(18-9)13(8-17-20)15(21)19-12-5-3-4-11(16)7-12/h3-8H,1-2H3,(H,19,21). The number of fused-ring (bicyclic) bond motifs is 1. The topological polar surface area (TPSA) is 59.3 Å². The minimum absolute atomic E-state index is 0.259. The van der Waals surface area contributed by atoms with E-state index in [1.54, 1.807) is 28.8 Å². The fourth-order valence-corrected chi connectivity index (χ4v) is 2.39. The third-order valence-corrected chi connectivity index (χ3v) is 3.34. The van der Waals surface area contributed by atoms with Gasteiger partial charge in [-0.05, 0) is 38.1 Å². The first-order valence-electron chi connectivity index (χ1n) is 6.43. The molecule has 0 radical (unpaired) electrons. The van der Waals surface area contributed by atoms with E-state index in [0.717, 1.165) is 11.4 Å². The number of carbonyl (C=O) groups is 1. The number of benzene rings is 1. The monoisotopic (exact) mass is 300 g/mol. The van der Waals surface area contributed by atoms with Gasteiger partial charge in [0, 0.05) is 22.1 Å². The van der Waals surface area contributed by atoms with E-state index in [1.165, 1.54) is 6.20 Å². The van der Waals surface area contributed by atoms with E-state index in [-0.39, 0.29) is 5.91 Å². The molecule has 1 N–H and O–H groups in total. The molecule has 1 amide bonds. The van der Waals surface area contributed by atoms with Crippen LogP contribution in [0.4, 0.5) is 5.69 Å². The number of hydrogen-bond donors (Lipinski definition) is 1. The molecule has 0 bridgehead atoms. The summed E-state index contributed by atoms with van der Waals surface area (Å²) in [5, 5.41) is 7.57. The molecule has 0 spiro atoms. The lowest BCUT2D eigenvalue weighted by Crippen LogP contribution is -2.12. The van der Waals surface area contributed by atoms with Crippen LogP contribution in [0.1, 0.15) is 21.7 Å². The second kappa shape index (κ2) is 5.18. The fraction of sp³-hybridized carbons (Fsp3) is 0.133. The molecule has 0 fully saturated rings. The van der Waals surface area contributed by atoms with E-state index in [0.29, 0.717) is 21.9 Å². The molecule has 0 aliphatic heterocycles. The van der Waals surface area contributed by atoms with E-state index in [4.69, 9.17) is 11.6 Å². The number of amides is 1. The molecule has 6 heteroatoms. The molecule has 0 aliphatic carbocycles. The van der Waals surface area contributed by atoms with Crippen molar-refractivity contribution in [1.29, 1.82) is 0 Å². The van der Waals surface area contributed by atoms with Crippen LogP contribution in [-0.4, -0.2) is 20.5 Å². The maximum Gasteiger partial charge on any atom is 0.261 e. The number of aryl methyl sites for hydroxylation is 2. The van der Waals surface area contributed by atoms with Gasteiger partial charge in [-0.1, -0.05) is 17.7 Å². The van der Waals surface area contributed by atoms with Gasteiger partial charge in [0.05, 0.1) is 6.20 Å². The zero-order chi connectivity index (χ0) is 15.0. The third kappa shape index (κ3) is 2.60. The van der Waals surface area contributed by atoms with E-state index < -0.39 is 0 Å². The summed E-state index contributed by atoms with van der Waals surface area (Å²) in [7, 11) is 0. The largest absolute Gasteiger partial charge is 0.322 e. The lowest BCUT2D eigenvalue weighted by Gasteiger charge is -2.05. The number of nitrogens with zero attached hydrogens (tertiary/aromatic N) is 3. The van der Waals surface area contributed by atoms with Crippen LogP contribution >= 0.6 is 11.6 Å². The SMILES string of the molecule is Cc1cc(C)n2ncc(C(=O)Nc3cccc(Cl)c3)c2n1. The van der Waals surface area contributed by atoms with Crippen molar-refractivity contribution in [3.05, 3.63) is 58.5 Å². The van der Waals surface area contributed by atoms with Gasteiger partial charge in [0.15, 0.2) is 5.65 Å². The van der Waals surface area contributed by atoms with Crippen molar-refractivity contribution in [1.82, 2.24) is 14.6 Å². The van der Waals surface area contributed by atoms with Crippen LogP contribution in [0.2, 0.25) is 5.02 Å². The second-order valence-corrected chi connectivity index (χ2v) is 5.23. The molecule has 3 aromatic rings. The van der Waals surface area contributed by atoms with Crippen molar-refractivity contribution >= 4 is 28.8 Å². The average molecular weight is 301 g/mol. The number of hydrogen-bond acceptors (Lipinski definition) is 3. The molecule has 3 rings (SSSR count). The van der Waals surface area contributed by atoms with Gasteiger partial charge in [-0.15, -0.1) is 0 Å². The Kier molecular flexibility index (Phi) is 3.35. The molecule has 1 aromatic carbocycles. The molecule has 21 heavy (non-hydrogen) atoms. The van der Waals surface area contributed by atoms with E-state index >= 15 is 0 Å². The number of nitrogens with one attached hydrogen (secondary N) is 1. The maximum atomic E-state index is 12.4. The molecule has 0 unspecified atom stereocenters. The minimum Gasteiger partial charge on any atom is -0.322 e. The Bertz CT molecular complexity index is 841. The van der Waals surface area contributed by atoms with Crippen molar-refractivity contribution in [2.75, 3.05) is 5.32 Å². The van der Waals surface area contributed by atoms with Crippen molar-refractivity contribution in [3.63, 3.8) is 0 Å². The molecular weight excluding hydrogens is 288 g/mol. The van der Waals surface area contributed by atoms with Crippen LogP contribution in [-0.2, 0) is 0 Å². The number of rotatable bonds is 2. The first-order chi connectivity index (χ1) is 10.0. The molecule has 0 aliphatic rings. The molecule has 0 saturated heterocycles. The molecule has 2 aromatic heterocycles. The highest BCUT2D eigenvalue weighted by Crippen LogP contribution is 2.17. The zero-order valence-electron chi connectivity index (χ0n) is 11.6. The highest BCUT2D eigenvalue weighted by Gasteiger charge is 2.15. The molecule has 5 nitrogen and oxygen atoms in total. The highest BCUT2D eigenvalue weighted by atomic mass is 35.5. The van der Waals surface area contributed by atoms with Crippen LogP contribution in [0.5, 0.6) is 0 Å². The smallest absolute Gasteiger partial charge is 0.261 e. The first kappa shape index (κ1) is 13.6. The Hall–Kier alpha value is -2.40. The van der Waals surface area contributed by atoms with Crippen LogP contribution < -0.4 is 5.32 Å². The first-order valence-corrected chi connectivity index (χ1v) is 6.81. The summed E-state index contributed by atoms with van der Waals surface area (Å²) in [5.74, 6) is -0.259. The van der Waals surface area contributed by atoms with E-state index in [9.17, 15) is 4.79 Å². The minimum atomic E-state index is -0.259. The van der Waals surface area contributed by atoms with Gasteiger partial charge in [-0.2, -0.15) is 5.10 Å². The van der Waals surface area contributed by atoms with Gasteiger partial charge in [0.1, 0.15) is 5.56 Å². The van der Waals surface area contributed by atoms with Gasteiger partial charge in [-0.3, -0.25) is 4.79 Å². The Labute approximate surface area is 126 Å². The van der Waals surface area contributed by atoms with E-state index in [2.05, 4.69) is 15.4 Å². The number of aromatic nitrogens is 3. The Morgan fingerprint density at radius 2 is 2.10 bits per heavy atom. The summed E-state index contributed by atoms with van der Waals surface area (Å²) in [5.41, 5.74) is 3.39. The average Bonchev–Trinajstić information content (AvgIpc) is 2.82. The van der Waals surface area contributed by atoms with Crippen LogP contribution in [0.15, 0.2) is 36.5 Å². The maximum absolute atomic E-state index is 12.4.